The first-order chi connectivity index (χ1) is 12.8. The Labute approximate surface area is 153 Å². The molecule has 0 aliphatic heterocycles. The maximum atomic E-state index is 13.0. The van der Waals surface area contributed by atoms with Gasteiger partial charge >= 0.3 is 0 Å². The third-order valence-electron chi connectivity index (χ3n) is 3.51. The number of halogens is 2. The lowest BCUT2D eigenvalue weighted by Gasteiger charge is -2.06. The largest absolute Gasteiger partial charge is 0.486 e. The second-order valence-electron chi connectivity index (χ2n) is 5.78. The van der Waals surface area contributed by atoms with E-state index in [4.69, 9.17) is 9.26 Å². The van der Waals surface area contributed by atoms with Crippen molar-refractivity contribution >= 4 is 17.5 Å². The number of nitrogens with one attached hydrogen (secondary N) is 1. The topological polar surface area (TPSA) is 98.5 Å². The number of carbonyl (C=O) groups is 3. The van der Waals surface area contributed by atoms with Crippen LogP contribution in [0.15, 0.2) is 28.8 Å². The summed E-state index contributed by atoms with van der Waals surface area (Å²) in [6.45, 7) is 1.44. The molecule has 9 heteroatoms. The molecule has 0 atom stereocenters. The molecular formula is C18H18F2N2O5. The van der Waals surface area contributed by atoms with E-state index in [-0.39, 0.29) is 55.5 Å². The smallest absolute Gasteiger partial charge is 0.289 e. The summed E-state index contributed by atoms with van der Waals surface area (Å²) in [7, 11) is 0. The minimum atomic E-state index is -1.07. The van der Waals surface area contributed by atoms with Gasteiger partial charge in [-0.3, -0.25) is 14.4 Å². The van der Waals surface area contributed by atoms with Crippen molar-refractivity contribution in [3.05, 3.63) is 47.4 Å². The van der Waals surface area contributed by atoms with Gasteiger partial charge in [0.05, 0.1) is 5.69 Å². The normalized spacial score (nSPS) is 10.5. The molecule has 0 unspecified atom stereocenters. The first-order valence-corrected chi connectivity index (χ1v) is 8.18. The second kappa shape index (κ2) is 9.56. The first-order valence-electron chi connectivity index (χ1n) is 8.18. The van der Waals surface area contributed by atoms with Gasteiger partial charge < -0.3 is 14.6 Å². The van der Waals surface area contributed by atoms with Crippen molar-refractivity contribution in [1.82, 2.24) is 10.5 Å². The van der Waals surface area contributed by atoms with Gasteiger partial charge in [-0.05, 0) is 19.1 Å². The Morgan fingerprint density at radius 1 is 1.07 bits per heavy atom. The SMILES string of the molecule is Cc1cc(C(=O)NCCC(=O)CCC(=O)COc2ccc(F)c(F)c2)on1. The number of ketones is 2. The van der Waals surface area contributed by atoms with E-state index in [1.54, 1.807) is 6.92 Å². The highest BCUT2D eigenvalue weighted by Gasteiger charge is 2.13. The number of ether oxygens (including phenoxy) is 1. The van der Waals surface area contributed by atoms with Crippen LogP contribution < -0.4 is 10.1 Å². The van der Waals surface area contributed by atoms with E-state index in [9.17, 15) is 23.2 Å². The number of amides is 1. The van der Waals surface area contributed by atoms with Crippen molar-refractivity contribution in [1.29, 1.82) is 0 Å². The number of hydrogen-bond acceptors (Lipinski definition) is 6. The summed E-state index contributed by atoms with van der Waals surface area (Å²) in [6, 6.07) is 4.41. The van der Waals surface area contributed by atoms with Gasteiger partial charge in [0.25, 0.3) is 5.91 Å². The summed E-state index contributed by atoms with van der Waals surface area (Å²) in [5.74, 6) is -3.02. The highest BCUT2D eigenvalue weighted by atomic mass is 19.2. The van der Waals surface area contributed by atoms with Gasteiger partial charge in [-0.25, -0.2) is 8.78 Å². The molecule has 0 spiro atoms. The van der Waals surface area contributed by atoms with Crippen LogP contribution in [-0.4, -0.2) is 35.8 Å². The molecule has 1 aromatic carbocycles. The molecule has 0 aliphatic rings. The number of aryl methyl sites for hydroxylation is 1. The predicted octanol–water partition coefficient (Wildman–Crippen LogP) is 2.38. The van der Waals surface area contributed by atoms with Crippen LogP contribution in [0.4, 0.5) is 8.78 Å². The average molecular weight is 380 g/mol. The molecule has 2 rings (SSSR count). The molecule has 0 saturated heterocycles. The van der Waals surface area contributed by atoms with E-state index in [1.165, 1.54) is 12.1 Å². The first kappa shape index (κ1) is 20.2. The van der Waals surface area contributed by atoms with Gasteiger partial charge in [0.2, 0.25) is 5.76 Å². The fraction of sp³-hybridized carbons (Fsp3) is 0.333. The van der Waals surface area contributed by atoms with Crippen molar-refractivity contribution < 1.29 is 32.4 Å². The average Bonchev–Trinajstić information content (AvgIpc) is 3.07. The zero-order valence-electron chi connectivity index (χ0n) is 14.6. The van der Waals surface area contributed by atoms with Crippen molar-refractivity contribution in [2.45, 2.75) is 26.2 Å². The number of hydrogen-bond donors (Lipinski definition) is 1. The van der Waals surface area contributed by atoms with E-state index in [0.29, 0.717) is 5.69 Å². The van der Waals surface area contributed by atoms with Crippen LogP contribution in [0.1, 0.15) is 35.5 Å². The molecule has 0 aliphatic carbocycles. The molecular weight excluding hydrogens is 362 g/mol. The Balaban J connectivity index is 1.62. The summed E-state index contributed by atoms with van der Waals surface area (Å²) in [5, 5.41) is 6.10. The Morgan fingerprint density at radius 2 is 1.81 bits per heavy atom. The minimum absolute atomic E-state index is 0.00272. The minimum Gasteiger partial charge on any atom is -0.486 e. The molecule has 1 amide bonds. The number of Topliss-reactive ketones (excluding diaryl/α,β-unsaturated/α-hetero) is 2. The van der Waals surface area contributed by atoms with Crippen LogP contribution >= 0.6 is 0 Å². The Morgan fingerprint density at radius 3 is 2.48 bits per heavy atom. The molecule has 1 heterocycles. The molecule has 144 valence electrons. The van der Waals surface area contributed by atoms with Gasteiger partial charge in [0, 0.05) is 37.9 Å². The zero-order chi connectivity index (χ0) is 19.8. The van der Waals surface area contributed by atoms with Crippen LogP contribution in [0.5, 0.6) is 5.75 Å². The Bertz CT molecular complexity index is 835. The summed E-state index contributed by atoms with van der Waals surface area (Å²) in [5.41, 5.74) is 0.570. The third-order valence-corrected chi connectivity index (χ3v) is 3.51. The molecule has 2 aromatic rings. The van der Waals surface area contributed by atoms with E-state index < -0.39 is 17.5 Å². The van der Waals surface area contributed by atoms with Crippen LogP contribution in [0.2, 0.25) is 0 Å². The van der Waals surface area contributed by atoms with Crippen molar-refractivity contribution in [2.75, 3.05) is 13.2 Å². The van der Waals surface area contributed by atoms with Crippen LogP contribution in [-0.2, 0) is 9.59 Å². The van der Waals surface area contributed by atoms with Crippen molar-refractivity contribution in [3.63, 3.8) is 0 Å². The van der Waals surface area contributed by atoms with Crippen LogP contribution in [0.3, 0.4) is 0 Å². The van der Waals surface area contributed by atoms with E-state index in [1.807, 2.05) is 0 Å². The maximum Gasteiger partial charge on any atom is 0.289 e. The molecule has 27 heavy (non-hydrogen) atoms. The van der Waals surface area contributed by atoms with E-state index in [0.717, 1.165) is 12.1 Å². The van der Waals surface area contributed by atoms with Gasteiger partial charge in [-0.15, -0.1) is 0 Å². The zero-order valence-corrected chi connectivity index (χ0v) is 14.6. The summed E-state index contributed by atoms with van der Waals surface area (Å²) < 4.78 is 35.7. The van der Waals surface area contributed by atoms with Gasteiger partial charge in [0.1, 0.15) is 18.1 Å². The molecule has 0 radical (unpaired) electrons. The molecule has 0 saturated carbocycles. The Hall–Kier alpha value is -3.10. The van der Waals surface area contributed by atoms with Crippen molar-refractivity contribution in [3.8, 4) is 5.75 Å². The fourth-order valence-electron chi connectivity index (χ4n) is 2.08. The molecule has 7 nitrogen and oxygen atoms in total. The molecule has 1 aromatic heterocycles. The summed E-state index contributed by atoms with van der Waals surface area (Å²) in [4.78, 5) is 35.2. The number of aromatic nitrogens is 1. The van der Waals surface area contributed by atoms with Crippen LogP contribution in [0, 0.1) is 18.6 Å². The second-order valence-corrected chi connectivity index (χ2v) is 5.78. The highest BCUT2D eigenvalue weighted by Crippen LogP contribution is 2.15. The fourth-order valence-corrected chi connectivity index (χ4v) is 2.08. The number of rotatable bonds is 10. The molecule has 0 bridgehead atoms. The molecule has 0 fully saturated rings. The van der Waals surface area contributed by atoms with Gasteiger partial charge in [-0.2, -0.15) is 0 Å². The monoisotopic (exact) mass is 380 g/mol. The standard InChI is InChI=1S/C18H18F2N2O5/c1-11-8-17(27-22-11)18(25)21-7-6-12(23)2-3-13(24)10-26-14-4-5-15(19)16(20)9-14/h4-5,8-9H,2-3,6-7,10H2,1H3,(H,21,25). The van der Waals surface area contributed by atoms with Crippen LogP contribution in [0.25, 0.3) is 0 Å². The van der Waals surface area contributed by atoms with Crippen molar-refractivity contribution in [2.24, 2.45) is 0 Å². The van der Waals surface area contributed by atoms with E-state index >= 15 is 0 Å². The third kappa shape index (κ3) is 6.61. The highest BCUT2D eigenvalue weighted by molar-refractivity contribution is 5.92. The molecule has 1 N–H and O–H groups in total. The summed E-state index contributed by atoms with van der Waals surface area (Å²) >= 11 is 0. The predicted molar refractivity (Wildman–Crippen MR) is 89.3 cm³/mol. The number of carbonyl (C=O) groups excluding carboxylic acids is 3. The Kier molecular flexibility index (Phi) is 7.16. The van der Waals surface area contributed by atoms with Gasteiger partial charge in [0.15, 0.2) is 17.4 Å². The number of nitrogens with zero attached hydrogens (tertiary/aromatic N) is 1. The lowest BCUT2D eigenvalue weighted by Crippen LogP contribution is -2.25. The lowest BCUT2D eigenvalue weighted by atomic mass is 10.1. The maximum absolute atomic E-state index is 13.0. The summed E-state index contributed by atoms with van der Waals surface area (Å²) in [6.07, 6.45) is 0.0190. The van der Waals surface area contributed by atoms with Gasteiger partial charge in [-0.1, -0.05) is 5.16 Å². The number of benzene rings is 1. The van der Waals surface area contributed by atoms with E-state index in [2.05, 4.69) is 10.5 Å². The quantitative estimate of drug-likeness (QED) is 0.680. The lowest BCUT2D eigenvalue weighted by molar-refractivity contribution is -0.125.